The van der Waals surface area contributed by atoms with Crippen LogP contribution in [0.1, 0.15) is 19.8 Å². The van der Waals surface area contributed by atoms with E-state index >= 15 is 0 Å². The van der Waals surface area contributed by atoms with Gasteiger partial charge in [-0.05, 0) is 18.6 Å². The Balaban J connectivity index is 2.25. The zero-order chi connectivity index (χ0) is 13.0. The van der Waals surface area contributed by atoms with Crippen molar-refractivity contribution in [2.75, 3.05) is 0 Å². The van der Waals surface area contributed by atoms with Gasteiger partial charge >= 0.3 is 0 Å². The first-order valence-electron chi connectivity index (χ1n) is 5.98. The average molecular weight is 245 g/mol. The highest BCUT2D eigenvalue weighted by atomic mass is 16.6. The fraction of sp³-hybridized carbons (Fsp3) is 0.308. The van der Waals surface area contributed by atoms with Gasteiger partial charge in [-0.15, -0.1) is 0 Å². The van der Waals surface area contributed by atoms with Gasteiger partial charge in [0.2, 0.25) is 0 Å². The number of rotatable bonds is 5. The summed E-state index contributed by atoms with van der Waals surface area (Å²) in [4.78, 5) is 14.5. The van der Waals surface area contributed by atoms with Crippen LogP contribution in [0.2, 0.25) is 0 Å². The number of nitrogens with zero attached hydrogens (tertiary/aromatic N) is 3. The van der Waals surface area contributed by atoms with E-state index in [4.69, 9.17) is 0 Å². The number of non-ortho nitro benzene ring substituents is 1. The SMILES string of the molecule is CCCCn1ccnc1-c1ccc([N+](=O)[O-])cc1. The van der Waals surface area contributed by atoms with E-state index in [1.807, 2.05) is 6.20 Å². The van der Waals surface area contributed by atoms with Crippen molar-refractivity contribution in [3.05, 3.63) is 46.8 Å². The molecule has 0 atom stereocenters. The van der Waals surface area contributed by atoms with E-state index in [-0.39, 0.29) is 5.69 Å². The van der Waals surface area contributed by atoms with E-state index in [1.165, 1.54) is 12.1 Å². The molecule has 1 aromatic carbocycles. The Hall–Kier alpha value is -2.17. The van der Waals surface area contributed by atoms with Crippen molar-refractivity contribution in [2.45, 2.75) is 26.3 Å². The molecule has 0 radical (unpaired) electrons. The number of nitro benzene ring substituents is 1. The van der Waals surface area contributed by atoms with Crippen LogP contribution in [0.4, 0.5) is 5.69 Å². The minimum Gasteiger partial charge on any atom is -0.331 e. The van der Waals surface area contributed by atoms with Crippen molar-refractivity contribution in [3.63, 3.8) is 0 Å². The third-order valence-corrected chi connectivity index (χ3v) is 2.80. The highest BCUT2D eigenvalue weighted by Gasteiger charge is 2.08. The van der Waals surface area contributed by atoms with Crippen LogP contribution in [-0.2, 0) is 6.54 Å². The van der Waals surface area contributed by atoms with Gasteiger partial charge in [-0.25, -0.2) is 4.98 Å². The number of unbranched alkanes of at least 4 members (excludes halogenated alkanes) is 1. The van der Waals surface area contributed by atoms with E-state index in [0.29, 0.717) is 0 Å². The van der Waals surface area contributed by atoms with Crippen LogP contribution < -0.4 is 0 Å². The molecule has 0 aliphatic rings. The van der Waals surface area contributed by atoms with Crippen LogP contribution >= 0.6 is 0 Å². The molecule has 0 unspecified atom stereocenters. The zero-order valence-corrected chi connectivity index (χ0v) is 10.2. The number of aryl methyl sites for hydroxylation is 1. The fourth-order valence-corrected chi connectivity index (χ4v) is 1.81. The summed E-state index contributed by atoms with van der Waals surface area (Å²) in [7, 11) is 0. The maximum absolute atomic E-state index is 10.6. The van der Waals surface area contributed by atoms with Crippen molar-refractivity contribution in [1.29, 1.82) is 0 Å². The van der Waals surface area contributed by atoms with Crippen molar-refractivity contribution in [3.8, 4) is 11.4 Å². The van der Waals surface area contributed by atoms with Crippen molar-refractivity contribution >= 4 is 5.69 Å². The molecule has 0 amide bonds. The molecule has 5 nitrogen and oxygen atoms in total. The maximum atomic E-state index is 10.6. The van der Waals surface area contributed by atoms with Crippen LogP contribution in [0.15, 0.2) is 36.7 Å². The molecule has 0 aliphatic carbocycles. The number of nitro groups is 1. The molecule has 18 heavy (non-hydrogen) atoms. The van der Waals surface area contributed by atoms with Gasteiger partial charge in [-0.1, -0.05) is 13.3 Å². The molecule has 0 saturated heterocycles. The quantitative estimate of drug-likeness (QED) is 0.600. The first-order chi connectivity index (χ1) is 8.72. The van der Waals surface area contributed by atoms with E-state index in [2.05, 4.69) is 16.5 Å². The minimum atomic E-state index is -0.395. The lowest BCUT2D eigenvalue weighted by molar-refractivity contribution is -0.384. The number of hydrogen-bond acceptors (Lipinski definition) is 3. The van der Waals surface area contributed by atoms with Crippen LogP contribution in [0.3, 0.4) is 0 Å². The smallest absolute Gasteiger partial charge is 0.269 e. The maximum Gasteiger partial charge on any atom is 0.269 e. The molecule has 0 N–H and O–H groups in total. The lowest BCUT2D eigenvalue weighted by Crippen LogP contribution is -1.99. The van der Waals surface area contributed by atoms with E-state index in [9.17, 15) is 10.1 Å². The minimum absolute atomic E-state index is 0.102. The van der Waals surface area contributed by atoms with Gasteiger partial charge in [0.25, 0.3) is 5.69 Å². The molecule has 0 fully saturated rings. The molecular weight excluding hydrogens is 230 g/mol. The van der Waals surface area contributed by atoms with Crippen LogP contribution in [-0.4, -0.2) is 14.5 Å². The van der Waals surface area contributed by atoms with E-state index in [0.717, 1.165) is 30.8 Å². The lowest BCUT2D eigenvalue weighted by Gasteiger charge is -2.06. The molecule has 0 bridgehead atoms. The topological polar surface area (TPSA) is 61.0 Å². The van der Waals surface area contributed by atoms with Crippen LogP contribution in [0, 0.1) is 10.1 Å². The molecule has 0 aliphatic heterocycles. The Kier molecular flexibility index (Phi) is 3.72. The monoisotopic (exact) mass is 245 g/mol. The summed E-state index contributed by atoms with van der Waals surface area (Å²) in [6, 6.07) is 6.49. The predicted molar refractivity (Wildman–Crippen MR) is 69.2 cm³/mol. The van der Waals surface area contributed by atoms with Gasteiger partial charge in [0.05, 0.1) is 4.92 Å². The second-order valence-electron chi connectivity index (χ2n) is 4.10. The zero-order valence-electron chi connectivity index (χ0n) is 10.2. The first-order valence-corrected chi connectivity index (χ1v) is 5.98. The van der Waals surface area contributed by atoms with Gasteiger partial charge in [-0.2, -0.15) is 0 Å². The number of benzene rings is 1. The summed E-state index contributed by atoms with van der Waals surface area (Å²) in [5.74, 6) is 0.860. The summed E-state index contributed by atoms with van der Waals surface area (Å²) < 4.78 is 2.07. The second-order valence-corrected chi connectivity index (χ2v) is 4.10. The number of aromatic nitrogens is 2. The highest BCUT2D eigenvalue weighted by Crippen LogP contribution is 2.21. The molecule has 2 rings (SSSR count). The molecule has 1 heterocycles. The summed E-state index contributed by atoms with van der Waals surface area (Å²) in [6.07, 6.45) is 5.91. The molecular formula is C13H15N3O2. The molecule has 0 saturated carbocycles. The largest absolute Gasteiger partial charge is 0.331 e. The molecule has 94 valence electrons. The standard InChI is InChI=1S/C13H15N3O2/c1-2-3-9-15-10-8-14-13(15)11-4-6-12(7-5-11)16(17)18/h4-8,10H,2-3,9H2,1H3. The van der Waals surface area contributed by atoms with E-state index < -0.39 is 4.92 Å². The fourth-order valence-electron chi connectivity index (χ4n) is 1.81. The molecule has 5 heteroatoms. The normalized spacial score (nSPS) is 10.5. The summed E-state index contributed by atoms with van der Waals surface area (Å²) in [5, 5.41) is 10.6. The van der Waals surface area contributed by atoms with Gasteiger partial charge in [0.1, 0.15) is 5.82 Å². The Bertz CT molecular complexity index is 531. The van der Waals surface area contributed by atoms with Crippen LogP contribution in [0.5, 0.6) is 0 Å². The molecule has 1 aromatic heterocycles. The van der Waals surface area contributed by atoms with Gasteiger partial charge in [-0.3, -0.25) is 10.1 Å². The van der Waals surface area contributed by atoms with Gasteiger partial charge in [0, 0.05) is 36.6 Å². The summed E-state index contributed by atoms with van der Waals surface area (Å²) in [5.41, 5.74) is 1.01. The first kappa shape index (κ1) is 12.3. The third-order valence-electron chi connectivity index (χ3n) is 2.80. The Labute approximate surface area is 105 Å². The predicted octanol–water partition coefficient (Wildman–Crippen LogP) is 3.26. The average Bonchev–Trinajstić information content (AvgIpc) is 2.84. The molecule has 0 spiro atoms. The highest BCUT2D eigenvalue weighted by molar-refractivity contribution is 5.57. The van der Waals surface area contributed by atoms with Gasteiger partial charge < -0.3 is 4.57 Å². The van der Waals surface area contributed by atoms with E-state index in [1.54, 1.807) is 18.3 Å². The second kappa shape index (κ2) is 5.44. The third kappa shape index (κ3) is 2.56. The Morgan fingerprint density at radius 2 is 2.06 bits per heavy atom. The number of hydrogen-bond donors (Lipinski definition) is 0. The number of imidazole rings is 1. The summed E-state index contributed by atoms with van der Waals surface area (Å²) >= 11 is 0. The van der Waals surface area contributed by atoms with Crippen LogP contribution in [0.25, 0.3) is 11.4 Å². The summed E-state index contributed by atoms with van der Waals surface area (Å²) in [6.45, 7) is 3.06. The Morgan fingerprint density at radius 3 is 2.67 bits per heavy atom. The van der Waals surface area contributed by atoms with Crippen molar-refractivity contribution in [1.82, 2.24) is 9.55 Å². The lowest BCUT2D eigenvalue weighted by atomic mass is 10.2. The van der Waals surface area contributed by atoms with Crippen molar-refractivity contribution < 1.29 is 4.92 Å². The Morgan fingerprint density at radius 1 is 1.33 bits per heavy atom. The van der Waals surface area contributed by atoms with Gasteiger partial charge in [0.15, 0.2) is 0 Å². The van der Waals surface area contributed by atoms with Crippen molar-refractivity contribution in [2.24, 2.45) is 0 Å². The molecule has 2 aromatic rings.